The normalized spacial score (nSPS) is 30.9. The Kier molecular flexibility index (Phi) is 5.83. The number of nitrogens with zero attached hydrogens (tertiary/aromatic N) is 1. The second-order valence-corrected chi connectivity index (χ2v) is 10.9. The summed E-state index contributed by atoms with van der Waals surface area (Å²) < 4.78 is 124. The first-order chi connectivity index (χ1) is 22.0. The van der Waals surface area contributed by atoms with Gasteiger partial charge in [0, 0.05) is 28.4 Å². The molecule has 4 rings (SSSR count). The van der Waals surface area contributed by atoms with Gasteiger partial charge in [0.25, 0.3) is 0 Å². The minimum Gasteiger partial charge on any atom is -0.443 e. The number of fused-ring (bicyclic) bond motifs is 1. The molecule has 1 amide bonds. The number of nitrogen functional groups attached to an aromatic ring is 1. The molecular weight excluding hydrogens is 510 g/mol. The Morgan fingerprint density at radius 2 is 2.00 bits per heavy atom. The summed E-state index contributed by atoms with van der Waals surface area (Å²) in [7, 11) is -4.79. The minimum absolute atomic E-state index is 0.142. The highest BCUT2D eigenvalue weighted by molar-refractivity contribution is 7.89. The lowest BCUT2D eigenvalue weighted by molar-refractivity contribution is -0.0907. The maximum atomic E-state index is 13.9. The summed E-state index contributed by atoms with van der Waals surface area (Å²) in [6.07, 6.45) is -6.76. The summed E-state index contributed by atoms with van der Waals surface area (Å²) in [6, 6.07) is 11.6. The van der Waals surface area contributed by atoms with E-state index in [2.05, 4.69) is 5.32 Å². The van der Waals surface area contributed by atoms with E-state index in [1.54, 1.807) is 30.3 Å². The van der Waals surface area contributed by atoms with Crippen molar-refractivity contribution in [1.82, 2.24) is 9.62 Å². The third kappa shape index (κ3) is 7.03. The van der Waals surface area contributed by atoms with Gasteiger partial charge >= 0.3 is 6.09 Å². The summed E-state index contributed by atoms with van der Waals surface area (Å²) >= 11 is 0. The summed E-state index contributed by atoms with van der Waals surface area (Å²) in [6.45, 7) is -12.0. The van der Waals surface area contributed by atoms with Gasteiger partial charge in [-0.2, -0.15) is 4.31 Å². The minimum atomic E-state index is -4.79. The maximum absolute atomic E-state index is 13.9. The number of anilines is 1. The number of benzene rings is 2. The van der Waals surface area contributed by atoms with Crippen LogP contribution in [-0.4, -0.2) is 74.7 Å². The van der Waals surface area contributed by atoms with Crippen LogP contribution in [0.2, 0.25) is 0 Å². The first kappa shape index (κ1) is 17.8. The Morgan fingerprint density at radius 1 is 1.26 bits per heavy atom. The van der Waals surface area contributed by atoms with E-state index in [4.69, 9.17) is 33.7 Å². The van der Waals surface area contributed by atoms with E-state index in [-0.39, 0.29) is 18.5 Å². The molecule has 0 spiro atoms. The van der Waals surface area contributed by atoms with Crippen LogP contribution >= 0.6 is 0 Å². The molecule has 38 heavy (non-hydrogen) atoms. The number of sulfonamides is 1. The molecule has 2 aromatic rings. The van der Waals surface area contributed by atoms with Crippen molar-refractivity contribution in [2.24, 2.45) is 11.8 Å². The maximum Gasteiger partial charge on any atom is 0.407 e. The molecule has 4 N–H and O–H groups in total. The zero-order valence-electron chi connectivity index (χ0n) is 30.4. The van der Waals surface area contributed by atoms with E-state index in [1.165, 1.54) is 12.1 Å². The fraction of sp³-hybridized carbons (Fsp3) is 0.519. The predicted molar refractivity (Wildman–Crippen MR) is 142 cm³/mol. The topological polar surface area (TPSA) is 140 Å². The van der Waals surface area contributed by atoms with Crippen molar-refractivity contribution in [3.8, 4) is 0 Å². The van der Waals surface area contributed by atoms with Gasteiger partial charge in [-0.15, -0.1) is 0 Å². The molecule has 0 unspecified atom stereocenters. The lowest BCUT2D eigenvalue weighted by atomic mass is 10.0. The van der Waals surface area contributed by atoms with E-state index in [0.29, 0.717) is 9.87 Å². The van der Waals surface area contributed by atoms with Crippen molar-refractivity contribution in [3.05, 3.63) is 60.2 Å². The van der Waals surface area contributed by atoms with Gasteiger partial charge in [-0.25, -0.2) is 13.2 Å². The number of hydrogen-bond donors (Lipinski definition) is 3. The van der Waals surface area contributed by atoms with E-state index >= 15 is 0 Å². The van der Waals surface area contributed by atoms with E-state index in [9.17, 15) is 18.3 Å². The molecule has 2 heterocycles. The molecule has 0 aliphatic carbocycles. The number of hydrogen-bond acceptors (Lipinski definition) is 8. The number of nitrogens with one attached hydrogen (secondary N) is 1. The van der Waals surface area contributed by atoms with Gasteiger partial charge < -0.3 is 30.4 Å². The Hall–Kier alpha value is -2.70. The molecule has 2 aromatic carbocycles. The fourth-order valence-electron chi connectivity index (χ4n) is 4.19. The second kappa shape index (κ2) is 12.4. The molecule has 0 saturated carbocycles. The first-order valence-corrected chi connectivity index (χ1v) is 13.3. The number of carbonyl (C=O) groups excluding carboxylic acids is 1. The monoisotopic (exact) mass is 557 g/mol. The lowest BCUT2D eigenvalue weighted by Gasteiger charge is -2.31. The number of aliphatic hydroxyl groups excluding tert-OH is 1. The summed E-state index contributed by atoms with van der Waals surface area (Å²) in [5.41, 5.74) is 6.43. The van der Waals surface area contributed by atoms with Crippen LogP contribution in [0.15, 0.2) is 59.5 Å². The molecule has 2 aliphatic heterocycles. The van der Waals surface area contributed by atoms with E-state index < -0.39 is 97.3 Å². The van der Waals surface area contributed by atoms with Gasteiger partial charge in [0.05, 0.1) is 40.2 Å². The Labute approximate surface area is 238 Å². The zero-order chi connectivity index (χ0) is 35.9. The van der Waals surface area contributed by atoms with Gasteiger partial charge in [0.2, 0.25) is 10.0 Å². The van der Waals surface area contributed by atoms with Crippen molar-refractivity contribution in [2.45, 2.75) is 56.0 Å². The largest absolute Gasteiger partial charge is 0.443 e. The van der Waals surface area contributed by atoms with Crippen LogP contribution in [0.5, 0.6) is 0 Å². The van der Waals surface area contributed by atoms with Crippen molar-refractivity contribution >= 4 is 21.8 Å². The molecule has 2 saturated heterocycles. The third-order valence-electron chi connectivity index (χ3n) is 6.17. The lowest BCUT2D eigenvalue weighted by Crippen LogP contribution is -2.51. The molecule has 0 radical (unpaired) electrons. The van der Waals surface area contributed by atoms with Crippen LogP contribution in [0.4, 0.5) is 10.5 Å². The van der Waals surface area contributed by atoms with Crippen molar-refractivity contribution in [1.29, 1.82) is 0 Å². The average Bonchev–Trinajstić information content (AvgIpc) is 3.44. The first-order valence-electron chi connectivity index (χ1n) is 16.8. The van der Waals surface area contributed by atoms with Crippen LogP contribution in [-0.2, 0) is 30.7 Å². The van der Waals surface area contributed by atoms with Gasteiger partial charge in [0.15, 0.2) is 6.29 Å². The SMILES string of the molecule is [2H]C1([2H])C[C@@H]2[C@@H](OC[C@]2([2H])OC(=O)N[C@@H](Cc2ccccc2)[C@H](O)CN(CC([2H])(C([2H])([2H])[2H])C([2H])([2H])[2H])S(=O)(=O)c2ccc(N)cc2)O1. The van der Waals surface area contributed by atoms with Crippen LogP contribution in [0.25, 0.3) is 0 Å². The highest BCUT2D eigenvalue weighted by Gasteiger charge is 2.44. The molecule has 2 aliphatic rings. The number of amides is 1. The molecule has 0 bridgehead atoms. The van der Waals surface area contributed by atoms with Crippen molar-refractivity contribution in [2.75, 3.05) is 32.0 Å². The highest BCUT2D eigenvalue weighted by atomic mass is 32.2. The molecule has 5 atom stereocenters. The standard InChI is InChI=1S/C27H37N3O7S/c1-18(2)15-30(38(33,34)21-10-8-20(28)9-11-21)16-24(31)23(14-19-6-4-3-5-7-19)29-27(32)37-25-17-36-26-22(25)12-13-35-26/h3-11,18,22-26,31H,12-17,28H2,1-2H3,(H,29,32)/t22-,23-,24+,25-,26+/m0/s1/i1D3,2D3,13D2,18D,25D. The molecule has 11 heteroatoms. The van der Waals surface area contributed by atoms with E-state index in [0.717, 1.165) is 12.1 Å². The third-order valence-corrected chi connectivity index (χ3v) is 7.99. The molecule has 0 aromatic heterocycles. The highest BCUT2D eigenvalue weighted by Crippen LogP contribution is 2.33. The zero-order valence-corrected chi connectivity index (χ0v) is 21.2. The molecule has 208 valence electrons. The van der Waals surface area contributed by atoms with Crippen molar-refractivity contribution < 1.29 is 46.2 Å². The molecule has 2 fully saturated rings. The Balaban J connectivity index is 1.66. The van der Waals surface area contributed by atoms with Crippen LogP contribution in [0.1, 0.15) is 39.4 Å². The van der Waals surface area contributed by atoms with Gasteiger partial charge in [-0.3, -0.25) is 0 Å². The van der Waals surface area contributed by atoms with Gasteiger partial charge in [-0.05, 0) is 48.6 Å². The van der Waals surface area contributed by atoms with E-state index in [1.807, 2.05) is 0 Å². The summed E-state index contributed by atoms with van der Waals surface area (Å²) in [5, 5.41) is 13.9. The van der Waals surface area contributed by atoms with Crippen molar-refractivity contribution in [3.63, 3.8) is 0 Å². The van der Waals surface area contributed by atoms with Gasteiger partial charge in [0.1, 0.15) is 6.08 Å². The van der Waals surface area contributed by atoms with Crippen LogP contribution in [0.3, 0.4) is 0 Å². The fourth-order valence-corrected chi connectivity index (χ4v) is 5.62. The summed E-state index contributed by atoms with van der Waals surface area (Å²) in [5.74, 6) is -4.33. The summed E-state index contributed by atoms with van der Waals surface area (Å²) in [4.78, 5) is 12.8. The average molecular weight is 558 g/mol. The predicted octanol–water partition coefficient (Wildman–Crippen LogP) is 2.38. The number of rotatable bonds is 11. The van der Waals surface area contributed by atoms with Crippen LogP contribution < -0.4 is 11.1 Å². The Morgan fingerprint density at radius 3 is 2.71 bits per heavy atom. The number of ether oxygens (including phenoxy) is 3. The van der Waals surface area contributed by atoms with Gasteiger partial charge in [-0.1, -0.05) is 44.0 Å². The molecular formula is C27H37N3O7S. The quantitative estimate of drug-likeness (QED) is 0.358. The van der Waals surface area contributed by atoms with Crippen LogP contribution in [0, 0.1) is 11.8 Å². The smallest absolute Gasteiger partial charge is 0.407 e. The Bertz CT molecular complexity index is 1530. The molecule has 10 nitrogen and oxygen atoms in total. The number of aliphatic hydroxyl groups is 1. The number of nitrogens with two attached hydrogens (primary N) is 1. The second-order valence-electron chi connectivity index (χ2n) is 8.96. The number of carbonyl (C=O) groups is 1. The number of alkyl carbamates (subject to hydrolysis) is 1.